The average molecular weight is 266 g/mol. The molecule has 1 fully saturated rings. The summed E-state index contributed by atoms with van der Waals surface area (Å²) < 4.78 is 2.00. The van der Waals surface area contributed by atoms with Crippen LogP contribution in [0.1, 0.15) is 51.3 Å². The third-order valence-corrected chi connectivity index (χ3v) is 3.95. The van der Waals surface area contributed by atoms with E-state index in [1.807, 2.05) is 11.6 Å². The Morgan fingerprint density at radius 1 is 1.37 bits per heavy atom. The Bertz CT molecular complexity index is 427. The number of aliphatic hydroxyl groups is 1. The van der Waals surface area contributed by atoms with Crippen LogP contribution in [0.15, 0.2) is 0 Å². The molecule has 0 bridgehead atoms. The minimum atomic E-state index is 0.165. The fourth-order valence-electron chi connectivity index (χ4n) is 2.84. The smallest absolute Gasteiger partial charge is 0.151 e. The van der Waals surface area contributed by atoms with Crippen molar-refractivity contribution in [2.24, 2.45) is 0 Å². The van der Waals surface area contributed by atoms with Gasteiger partial charge in [-0.15, -0.1) is 0 Å². The molecular weight excluding hydrogens is 240 g/mol. The summed E-state index contributed by atoms with van der Waals surface area (Å²) in [5.74, 6) is 0.994. The van der Waals surface area contributed by atoms with Crippen molar-refractivity contribution < 1.29 is 5.11 Å². The van der Waals surface area contributed by atoms with Crippen molar-refractivity contribution in [3.8, 4) is 0 Å². The summed E-state index contributed by atoms with van der Waals surface area (Å²) in [6.07, 6.45) is 4.58. The fraction of sp³-hybridized carbons (Fsp3) is 0.786. The maximum absolute atomic E-state index is 9.66. The third-order valence-electron chi connectivity index (χ3n) is 3.95. The van der Waals surface area contributed by atoms with Gasteiger partial charge < -0.3 is 15.7 Å². The van der Waals surface area contributed by atoms with Gasteiger partial charge in [0.2, 0.25) is 0 Å². The van der Waals surface area contributed by atoms with Gasteiger partial charge in [0.15, 0.2) is 5.82 Å². The highest BCUT2D eigenvalue weighted by atomic mass is 16.3. The standard InChI is InChI=1S/C14H26N4O/c1-10(2)18-14(13(15)11(3)16-18)17-8-6-4-5-7-12(17)9-19/h10,12,19H,4-9,15H2,1-3H3. The van der Waals surface area contributed by atoms with E-state index in [0.29, 0.717) is 0 Å². The predicted octanol–water partition coefficient (Wildman–Crippen LogP) is 2.10. The number of nitrogens with zero attached hydrogens (tertiary/aromatic N) is 3. The lowest BCUT2D eigenvalue weighted by molar-refractivity contribution is 0.253. The molecule has 2 rings (SSSR count). The zero-order valence-electron chi connectivity index (χ0n) is 12.3. The van der Waals surface area contributed by atoms with Crippen LogP contribution in [0.5, 0.6) is 0 Å². The highest BCUT2D eigenvalue weighted by Crippen LogP contribution is 2.33. The topological polar surface area (TPSA) is 67.3 Å². The van der Waals surface area contributed by atoms with Gasteiger partial charge in [-0.2, -0.15) is 5.10 Å². The van der Waals surface area contributed by atoms with Crippen LogP contribution in [0.3, 0.4) is 0 Å². The molecule has 0 saturated carbocycles. The Morgan fingerprint density at radius 2 is 2.11 bits per heavy atom. The lowest BCUT2D eigenvalue weighted by Crippen LogP contribution is -2.39. The van der Waals surface area contributed by atoms with Crippen LogP contribution in [0.25, 0.3) is 0 Å². The molecule has 0 aromatic carbocycles. The van der Waals surface area contributed by atoms with Gasteiger partial charge in [-0.1, -0.05) is 12.8 Å². The van der Waals surface area contributed by atoms with Crippen molar-refractivity contribution in [1.29, 1.82) is 0 Å². The lowest BCUT2D eigenvalue weighted by atomic mass is 10.1. The number of aliphatic hydroxyl groups excluding tert-OH is 1. The van der Waals surface area contributed by atoms with E-state index >= 15 is 0 Å². The molecule has 1 aliphatic rings. The van der Waals surface area contributed by atoms with E-state index in [-0.39, 0.29) is 18.7 Å². The van der Waals surface area contributed by atoms with Crippen LogP contribution in [-0.2, 0) is 0 Å². The Balaban J connectivity index is 2.42. The van der Waals surface area contributed by atoms with E-state index in [1.165, 1.54) is 12.8 Å². The molecule has 1 aliphatic heterocycles. The number of rotatable bonds is 3. The molecule has 2 heterocycles. The molecule has 0 spiro atoms. The van der Waals surface area contributed by atoms with Gasteiger partial charge in [0.05, 0.1) is 24.0 Å². The quantitative estimate of drug-likeness (QED) is 0.879. The molecule has 1 atom stereocenters. The predicted molar refractivity (Wildman–Crippen MR) is 78.4 cm³/mol. The van der Waals surface area contributed by atoms with Gasteiger partial charge in [-0.3, -0.25) is 0 Å². The molecule has 1 unspecified atom stereocenters. The van der Waals surface area contributed by atoms with Gasteiger partial charge >= 0.3 is 0 Å². The summed E-state index contributed by atoms with van der Waals surface area (Å²) in [6.45, 7) is 7.31. The Hall–Kier alpha value is -1.23. The molecule has 0 radical (unpaired) electrons. The first-order valence-corrected chi connectivity index (χ1v) is 7.28. The highest BCUT2D eigenvalue weighted by molar-refractivity contribution is 5.67. The lowest BCUT2D eigenvalue weighted by Gasteiger charge is -2.32. The Morgan fingerprint density at radius 3 is 2.74 bits per heavy atom. The fourth-order valence-corrected chi connectivity index (χ4v) is 2.84. The molecule has 1 aromatic rings. The molecular formula is C14H26N4O. The summed E-state index contributed by atoms with van der Waals surface area (Å²) in [5, 5.41) is 14.2. The van der Waals surface area contributed by atoms with Gasteiger partial charge in [0.1, 0.15) is 0 Å². The normalized spacial score (nSPS) is 20.9. The largest absolute Gasteiger partial charge is 0.394 e. The molecule has 1 aromatic heterocycles. The number of nitrogen functional groups attached to an aromatic ring is 1. The van der Waals surface area contributed by atoms with E-state index in [9.17, 15) is 5.11 Å². The molecule has 5 nitrogen and oxygen atoms in total. The molecule has 0 amide bonds. The molecule has 108 valence electrons. The number of aromatic nitrogens is 2. The van der Waals surface area contributed by atoms with Crippen LogP contribution in [0.2, 0.25) is 0 Å². The zero-order chi connectivity index (χ0) is 14.0. The van der Waals surface area contributed by atoms with Crippen LogP contribution in [0, 0.1) is 6.92 Å². The van der Waals surface area contributed by atoms with Crippen molar-refractivity contribution in [3.05, 3.63) is 5.69 Å². The number of anilines is 2. The summed E-state index contributed by atoms with van der Waals surface area (Å²) in [7, 11) is 0. The minimum absolute atomic E-state index is 0.165. The second-order valence-electron chi connectivity index (χ2n) is 5.74. The molecule has 1 saturated heterocycles. The molecule has 0 aliphatic carbocycles. The first-order chi connectivity index (χ1) is 9.06. The SMILES string of the molecule is Cc1nn(C(C)C)c(N2CCCCCC2CO)c1N. The van der Waals surface area contributed by atoms with Gasteiger partial charge in [-0.25, -0.2) is 4.68 Å². The first-order valence-electron chi connectivity index (χ1n) is 7.28. The van der Waals surface area contributed by atoms with Crippen molar-refractivity contribution in [3.63, 3.8) is 0 Å². The third kappa shape index (κ3) is 2.71. The number of nitrogens with two attached hydrogens (primary N) is 1. The maximum Gasteiger partial charge on any atom is 0.151 e. The van der Waals surface area contributed by atoms with Crippen LogP contribution >= 0.6 is 0 Å². The Kier molecular flexibility index (Phi) is 4.34. The van der Waals surface area contributed by atoms with Crippen molar-refractivity contribution >= 4 is 11.5 Å². The highest BCUT2D eigenvalue weighted by Gasteiger charge is 2.27. The summed E-state index contributed by atoms with van der Waals surface area (Å²) in [4.78, 5) is 2.27. The first kappa shape index (κ1) is 14.2. The number of aryl methyl sites for hydroxylation is 1. The van der Waals surface area contributed by atoms with E-state index in [0.717, 1.165) is 36.6 Å². The second-order valence-corrected chi connectivity index (χ2v) is 5.74. The van der Waals surface area contributed by atoms with Crippen LogP contribution < -0.4 is 10.6 Å². The maximum atomic E-state index is 9.66. The van der Waals surface area contributed by atoms with E-state index in [4.69, 9.17) is 5.73 Å². The van der Waals surface area contributed by atoms with E-state index < -0.39 is 0 Å². The summed E-state index contributed by atoms with van der Waals surface area (Å²) >= 11 is 0. The van der Waals surface area contributed by atoms with Gasteiger partial charge in [0, 0.05) is 12.6 Å². The number of hydrogen-bond donors (Lipinski definition) is 2. The van der Waals surface area contributed by atoms with Crippen LogP contribution in [0.4, 0.5) is 11.5 Å². The van der Waals surface area contributed by atoms with E-state index in [2.05, 4.69) is 23.8 Å². The van der Waals surface area contributed by atoms with E-state index in [1.54, 1.807) is 0 Å². The van der Waals surface area contributed by atoms with Gasteiger partial charge in [0.25, 0.3) is 0 Å². The van der Waals surface area contributed by atoms with Gasteiger partial charge in [-0.05, 0) is 33.6 Å². The average Bonchev–Trinajstić information content (AvgIpc) is 2.57. The second kappa shape index (κ2) is 5.82. The van der Waals surface area contributed by atoms with Crippen molar-refractivity contribution in [2.75, 3.05) is 23.8 Å². The zero-order valence-corrected chi connectivity index (χ0v) is 12.3. The summed E-state index contributed by atoms with van der Waals surface area (Å²) in [6, 6.07) is 0.437. The van der Waals surface area contributed by atoms with Crippen molar-refractivity contribution in [2.45, 2.75) is 58.5 Å². The number of hydrogen-bond acceptors (Lipinski definition) is 4. The monoisotopic (exact) mass is 266 g/mol. The minimum Gasteiger partial charge on any atom is -0.394 e. The molecule has 19 heavy (non-hydrogen) atoms. The molecule has 5 heteroatoms. The Labute approximate surface area is 115 Å². The van der Waals surface area contributed by atoms with Crippen molar-refractivity contribution in [1.82, 2.24) is 9.78 Å². The van der Waals surface area contributed by atoms with Crippen LogP contribution in [-0.4, -0.2) is 34.1 Å². The molecule has 3 N–H and O–H groups in total. The summed E-state index contributed by atoms with van der Waals surface area (Å²) in [5.41, 5.74) is 7.87.